The van der Waals surface area contributed by atoms with E-state index in [-0.39, 0.29) is 5.78 Å². The van der Waals surface area contributed by atoms with Gasteiger partial charge in [0.25, 0.3) is 0 Å². The molecule has 2 amide bonds. The Morgan fingerprint density at radius 1 is 1.14 bits per heavy atom. The van der Waals surface area contributed by atoms with Crippen molar-refractivity contribution < 1.29 is 14.4 Å². The number of nitrogens with zero attached hydrogens (tertiary/aromatic N) is 1. The van der Waals surface area contributed by atoms with Gasteiger partial charge in [-0.25, -0.2) is 4.98 Å². The largest absolute Gasteiger partial charge is 0.318 e. The second kappa shape index (κ2) is 6.27. The number of nitrogens with one attached hydrogen (secondary N) is 2. The Morgan fingerprint density at radius 2 is 1.86 bits per heavy atom. The third-order valence-corrected chi connectivity index (χ3v) is 3.45. The topological polar surface area (TPSA) is 88.2 Å². The van der Waals surface area contributed by atoms with Gasteiger partial charge in [0.05, 0.1) is 5.69 Å². The molecule has 0 spiro atoms. The van der Waals surface area contributed by atoms with Crippen molar-refractivity contribution in [3.8, 4) is 0 Å². The number of amides is 2. The van der Waals surface area contributed by atoms with Crippen LogP contribution in [0.5, 0.6) is 0 Å². The number of hydrogen-bond donors (Lipinski definition) is 2. The van der Waals surface area contributed by atoms with Crippen molar-refractivity contribution in [1.82, 2.24) is 4.98 Å². The molecule has 0 aliphatic rings. The predicted molar refractivity (Wildman–Crippen MR) is 80.6 cm³/mol. The molecular formula is C14H13N3O3S. The summed E-state index contributed by atoms with van der Waals surface area (Å²) >= 11 is 1.24. The predicted octanol–water partition coefficient (Wildman–Crippen LogP) is 2.23. The highest BCUT2D eigenvalue weighted by atomic mass is 32.1. The van der Waals surface area contributed by atoms with E-state index in [1.165, 1.54) is 24.3 Å². The average Bonchev–Trinajstić information content (AvgIpc) is 2.84. The maximum absolute atomic E-state index is 11.8. The molecule has 1 heterocycles. The van der Waals surface area contributed by atoms with Gasteiger partial charge in [-0.05, 0) is 26.0 Å². The van der Waals surface area contributed by atoms with Gasteiger partial charge in [-0.3, -0.25) is 19.7 Å². The van der Waals surface area contributed by atoms with Crippen LogP contribution in [-0.4, -0.2) is 22.6 Å². The van der Waals surface area contributed by atoms with Gasteiger partial charge in [0.15, 0.2) is 10.9 Å². The molecule has 0 atom stereocenters. The Balaban J connectivity index is 2.02. The molecule has 0 bridgehead atoms. The van der Waals surface area contributed by atoms with E-state index in [0.29, 0.717) is 16.4 Å². The molecule has 0 fully saturated rings. The molecule has 2 aromatic rings. The number of aryl methyl sites for hydroxylation is 1. The summed E-state index contributed by atoms with van der Waals surface area (Å²) in [7, 11) is 0. The van der Waals surface area contributed by atoms with Crippen LogP contribution in [0.25, 0.3) is 0 Å². The van der Waals surface area contributed by atoms with E-state index < -0.39 is 11.8 Å². The molecule has 0 aliphatic heterocycles. The van der Waals surface area contributed by atoms with Crippen LogP contribution in [0.4, 0.5) is 10.8 Å². The number of aromatic nitrogens is 1. The number of rotatable bonds is 3. The van der Waals surface area contributed by atoms with Crippen molar-refractivity contribution in [3.05, 3.63) is 40.9 Å². The molecule has 0 unspecified atom stereocenters. The second-order valence-electron chi connectivity index (χ2n) is 4.34. The summed E-state index contributed by atoms with van der Waals surface area (Å²) in [6, 6.07) is 6.39. The van der Waals surface area contributed by atoms with Crippen LogP contribution in [0, 0.1) is 6.92 Å². The van der Waals surface area contributed by atoms with Crippen molar-refractivity contribution in [2.75, 3.05) is 10.6 Å². The summed E-state index contributed by atoms with van der Waals surface area (Å²) in [6.45, 7) is 3.22. The smallest absolute Gasteiger partial charge is 0.315 e. The zero-order valence-corrected chi connectivity index (χ0v) is 12.3. The minimum absolute atomic E-state index is 0.117. The van der Waals surface area contributed by atoms with Crippen LogP contribution >= 0.6 is 11.3 Å². The quantitative estimate of drug-likeness (QED) is 0.672. The summed E-state index contributed by atoms with van der Waals surface area (Å²) < 4.78 is 0. The first-order chi connectivity index (χ1) is 9.95. The number of benzene rings is 1. The molecule has 108 valence electrons. The Labute approximate surface area is 125 Å². The standard InChI is InChI=1S/C14H13N3O3S/c1-8-7-21-14(15-8)17-13(20)12(19)16-11-5-3-4-10(6-11)9(2)18/h3-7H,1-2H3,(H,16,19)(H,15,17,20). The van der Waals surface area contributed by atoms with Crippen LogP contribution in [0.1, 0.15) is 23.0 Å². The van der Waals surface area contributed by atoms with E-state index in [9.17, 15) is 14.4 Å². The zero-order chi connectivity index (χ0) is 15.4. The molecular weight excluding hydrogens is 290 g/mol. The highest BCUT2D eigenvalue weighted by Gasteiger charge is 2.15. The van der Waals surface area contributed by atoms with Gasteiger partial charge in [0, 0.05) is 16.6 Å². The summed E-state index contributed by atoms with van der Waals surface area (Å²) in [5, 5.41) is 6.98. The van der Waals surface area contributed by atoms with E-state index in [2.05, 4.69) is 15.6 Å². The van der Waals surface area contributed by atoms with Gasteiger partial charge in [-0.2, -0.15) is 0 Å². The normalized spacial score (nSPS) is 10.0. The minimum atomic E-state index is -0.816. The summed E-state index contributed by atoms with van der Waals surface area (Å²) in [5.74, 6) is -1.74. The fourth-order valence-corrected chi connectivity index (χ4v) is 2.25. The lowest BCUT2D eigenvalue weighted by molar-refractivity contribution is -0.132. The first kappa shape index (κ1) is 14.9. The average molecular weight is 303 g/mol. The monoisotopic (exact) mass is 303 g/mol. The van der Waals surface area contributed by atoms with E-state index in [1.807, 2.05) is 0 Å². The second-order valence-corrected chi connectivity index (χ2v) is 5.20. The molecule has 0 saturated heterocycles. The van der Waals surface area contributed by atoms with Crippen LogP contribution in [0.2, 0.25) is 0 Å². The first-order valence-corrected chi connectivity index (χ1v) is 6.99. The van der Waals surface area contributed by atoms with Gasteiger partial charge in [0.2, 0.25) is 0 Å². The third kappa shape index (κ3) is 3.96. The van der Waals surface area contributed by atoms with Crippen molar-refractivity contribution >= 4 is 39.8 Å². The number of anilines is 2. The highest BCUT2D eigenvalue weighted by molar-refractivity contribution is 7.14. The molecule has 6 nitrogen and oxygen atoms in total. The van der Waals surface area contributed by atoms with Crippen molar-refractivity contribution in [1.29, 1.82) is 0 Å². The fourth-order valence-electron chi connectivity index (χ4n) is 1.57. The van der Waals surface area contributed by atoms with Gasteiger partial charge in [-0.1, -0.05) is 12.1 Å². The van der Waals surface area contributed by atoms with Crippen LogP contribution < -0.4 is 10.6 Å². The number of carbonyl (C=O) groups excluding carboxylic acids is 3. The van der Waals surface area contributed by atoms with E-state index >= 15 is 0 Å². The third-order valence-electron chi connectivity index (χ3n) is 2.57. The molecule has 1 aromatic carbocycles. The summed E-state index contributed by atoms with van der Waals surface area (Å²) in [4.78, 5) is 38.8. The SMILES string of the molecule is CC(=O)c1cccc(NC(=O)C(=O)Nc2nc(C)cs2)c1. The molecule has 1 aromatic heterocycles. The number of ketones is 1. The van der Waals surface area contributed by atoms with E-state index in [4.69, 9.17) is 0 Å². The zero-order valence-electron chi connectivity index (χ0n) is 11.5. The number of thiazole rings is 1. The fraction of sp³-hybridized carbons (Fsp3) is 0.143. The lowest BCUT2D eigenvalue weighted by Crippen LogP contribution is -2.29. The summed E-state index contributed by atoms with van der Waals surface area (Å²) in [5.41, 5.74) is 1.62. The number of carbonyl (C=O) groups is 3. The minimum Gasteiger partial charge on any atom is -0.318 e. The molecule has 0 radical (unpaired) electrons. The highest BCUT2D eigenvalue weighted by Crippen LogP contribution is 2.15. The number of hydrogen-bond acceptors (Lipinski definition) is 5. The lowest BCUT2D eigenvalue weighted by Gasteiger charge is -2.05. The van der Waals surface area contributed by atoms with Crippen molar-refractivity contribution in [3.63, 3.8) is 0 Å². The summed E-state index contributed by atoms with van der Waals surface area (Å²) in [6.07, 6.45) is 0. The maximum Gasteiger partial charge on any atom is 0.315 e. The Kier molecular flexibility index (Phi) is 4.44. The lowest BCUT2D eigenvalue weighted by atomic mass is 10.1. The van der Waals surface area contributed by atoms with E-state index in [1.54, 1.807) is 30.5 Å². The van der Waals surface area contributed by atoms with Gasteiger partial charge < -0.3 is 5.32 Å². The van der Waals surface area contributed by atoms with Crippen LogP contribution in [0.15, 0.2) is 29.6 Å². The van der Waals surface area contributed by atoms with Gasteiger partial charge >= 0.3 is 11.8 Å². The number of Topliss-reactive ketones (excluding diaryl/α,β-unsaturated/α-hetero) is 1. The Morgan fingerprint density at radius 3 is 2.48 bits per heavy atom. The van der Waals surface area contributed by atoms with Crippen LogP contribution in [0.3, 0.4) is 0 Å². The maximum atomic E-state index is 11.8. The van der Waals surface area contributed by atoms with Crippen molar-refractivity contribution in [2.24, 2.45) is 0 Å². The van der Waals surface area contributed by atoms with Crippen LogP contribution in [-0.2, 0) is 9.59 Å². The first-order valence-electron chi connectivity index (χ1n) is 6.11. The van der Waals surface area contributed by atoms with Gasteiger partial charge in [0.1, 0.15) is 0 Å². The van der Waals surface area contributed by atoms with Crippen molar-refractivity contribution in [2.45, 2.75) is 13.8 Å². The molecule has 0 aliphatic carbocycles. The Bertz CT molecular complexity index is 709. The molecule has 2 rings (SSSR count). The van der Waals surface area contributed by atoms with Gasteiger partial charge in [-0.15, -0.1) is 11.3 Å². The Hall–Kier alpha value is -2.54. The molecule has 7 heteroatoms. The molecule has 0 saturated carbocycles. The van der Waals surface area contributed by atoms with E-state index in [0.717, 1.165) is 5.69 Å². The molecule has 21 heavy (non-hydrogen) atoms. The molecule has 2 N–H and O–H groups in total.